The van der Waals surface area contributed by atoms with Crippen molar-refractivity contribution < 1.29 is 0 Å². The number of aryl methyl sites for hydroxylation is 1. The van der Waals surface area contributed by atoms with E-state index >= 15 is 0 Å². The molecule has 1 heterocycles. The van der Waals surface area contributed by atoms with E-state index in [9.17, 15) is 0 Å². The lowest BCUT2D eigenvalue weighted by molar-refractivity contribution is 0.486. The second kappa shape index (κ2) is 4.60. The average molecular weight is 195 g/mol. The Kier molecular flexibility index (Phi) is 3.69. The zero-order valence-corrected chi connectivity index (χ0v) is 9.45. The van der Waals surface area contributed by atoms with Crippen LogP contribution in [-0.4, -0.2) is 16.3 Å². The highest BCUT2D eigenvalue weighted by atomic mass is 15.3. The summed E-state index contributed by atoms with van der Waals surface area (Å²) < 4.78 is 2.01. The summed E-state index contributed by atoms with van der Waals surface area (Å²) in [4.78, 5) is 0. The van der Waals surface area contributed by atoms with Crippen LogP contribution in [0.2, 0.25) is 0 Å². The topological polar surface area (TPSA) is 43.8 Å². The first-order valence-corrected chi connectivity index (χ1v) is 5.33. The van der Waals surface area contributed by atoms with Gasteiger partial charge in [-0.3, -0.25) is 4.68 Å². The molecule has 0 aromatic carbocycles. The molecule has 1 aromatic rings. The molecule has 0 saturated heterocycles. The van der Waals surface area contributed by atoms with Gasteiger partial charge >= 0.3 is 0 Å². The monoisotopic (exact) mass is 195 g/mol. The Bertz CT molecular complexity index is 276. The molecule has 0 fully saturated rings. The summed E-state index contributed by atoms with van der Waals surface area (Å²) >= 11 is 0. The van der Waals surface area contributed by atoms with Crippen LogP contribution in [0.1, 0.15) is 39.2 Å². The summed E-state index contributed by atoms with van der Waals surface area (Å²) in [5.41, 5.74) is 7.03. The van der Waals surface area contributed by atoms with Gasteiger partial charge in [0.2, 0.25) is 0 Å². The minimum atomic E-state index is 0.154. The van der Waals surface area contributed by atoms with Crippen LogP contribution in [0.3, 0.4) is 0 Å². The van der Waals surface area contributed by atoms with E-state index in [0.29, 0.717) is 0 Å². The van der Waals surface area contributed by atoms with Gasteiger partial charge in [0.1, 0.15) is 0 Å². The highest BCUT2D eigenvalue weighted by molar-refractivity contribution is 5.16. The third-order valence-corrected chi connectivity index (χ3v) is 2.64. The van der Waals surface area contributed by atoms with Gasteiger partial charge in [0, 0.05) is 12.7 Å². The third-order valence-electron chi connectivity index (χ3n) is 2.64. The Morgan fingerprint density at radius 3 is 2.79 bits per heavy atom. The Balaban J connectivity index is 2.74. The molecule has 0 saturated carbocycles. The molecular weight excluding hydrogens is 174 g/mol. The van der Waals surface area contributed by atoms with Gasteiger partial charge in [0.05, 0.1) is 6.20 Å². The van der Waals surface area contributed by atoms with Crippen molar-refractivity contribution in [2.45, 2.75) is 45.6 Å². The van der Waals surface area contributed by atoms with Gasteiger partial charge in [-0.15, -0.1) is 0 Å². The van der Waals surface area contributed by atoms with Gasteiger partial charge in [0.25, 0.3) is 0 Å². The zero-order chi connectivity index (χ0) is 10.6. The van der Waals surface area contributed by atoms with Crippen molar-refractivity contribution in [2.75, 3.05) is 6.54 Å². The smallest absolute Gasteiger partial charge is 0.0527 e. The number of hydrogen-bond acceptors (Lipinski definition) is 2. The summed E-state index contributed by atoms with van der Waals surface area (Å²) in [5, 5.41) is 4.33. The Hall–Kier alpha value is -0.830. The normalized spacial score (nSPS) is 12.0. The molecule has 2 N–H and O–H groups in total. The molecule has 1 aromatic heterocycles. The standard InChI is InChI=1S/C11H21N3/c1-4-7-14-9-10(8-13-14)11(2,3)5-6-12/h8-9H,4-7,12H2,1-3H3. The molecule has 0 unspecified atom stereocenters. The molecule has 0 atom stereocenters. The van der Waals surface area contributed by atoms with Crippen molar-refractivity contribution in [1.82, 2.24) is 9.78 Å². The maximum atomic E-state index is 5.59. The van der Waals surface area contributed by atoms with Crippen LogP contribution < -0.4 is 5.73 Å². The van der Waals surface area contributed by atoms with Crippen molar-refractivity contribution in [3.05, 3.63) is 18.0 Å². The molecule has 3 heteroatoms. The second-order valence-corrected chi connectivity index (χ2v) is 4.41. The van der Waals surface area contributed by atoms with Gasteiger partial charge in [-0.2, -0.15) is 5.10 Å². The molecule has 80 valence electrons. The highest BCUT2D eigenvalue weighted by Crippen LogP contribution is 2.25. The summed E-state index contributed by atoms with van der Waals surface area (Å²) in [5.74, 6) is 0. The number of hydrogen-bond donors (Lipinski definition) is 1. The van der Waals surface area contributed by atoms with Crippen LogP contribution >= 0.6 is 0 Å². The van der Waals surface area contributed by atoms with E-state index in [1.165, 1.54) is 5.56 Å². The van der Waals surface area contributed by atoms with Crippen LogP contribution in [0, 0.1) is 0 Å². The quantitative estimate of drug-likeness (QED) is 0.780. The number of aromatic nitrogens is 2. The predicted molar refractivity (Wildman–Crippen MR) is 59.2 cm³/mol. The molecule has 0 radical (unpaired) electrons. The molecule has 0 aliphatic rings. The van der Waals surface area contributed by atoms with Gasteiger partial charge in [-0.1, -0.05) is 20.8 Å². The first-order valence-electron chi connectivity index (χ1n) is 5.33. The van der Waals surface area contributed by atoms with E-state index in [-0.39, 0.29) is 5.41 Å². The van der Waals surface area contributed by atoms with Crippen molar-refractivity contribution in [1.29, 1.82) is 0 Å². The molecule has 0 spiro atoms. The maximum absolute atomic E-state index is 5.59. The maximum Gasteiger partial charge on any atom is 0.0527 e. The molecule has 0 aliphatic heterocycles. The lowest BCUT2D eigenvalue weighted by atomic mass is 9.83. The minimum absolute atomic E-state index is 0.154. The van der Waals surface area contributed by atoms with Crippen LogP contribution in [0.25, 0.3) is 0 Å². The van der Waals surface area contributed by atoms with Crippen LogP contribution in [0.5, 0.6) is 0 Å². The molecule has 3 nitrogen and oxygen atoms in total. The second-order valence-electron chi connectivity index (χ2n) is 4.41. The van der Waals surface area contributed by atoms with E-state index < -0.39 is 0 Å². The minimum Gasteiger partial charge on any atom is -0.330 e. The molecule has 1 rings (SSSR count). The molecular formula is C11H21N3. The van der Waals surface area contributed by atoms with Gasteiger partial charge < -0.3 is 5.73 Å². The third kappa shape index (κ3) is 2.58. The van der Waals surface area contributed by atoms with E-state index in [2.05, 4.69) is 32.1 Å². The van der Waals surface area contributed by atoms with Crippen molar-refractivity contribution in [3.8, 4) is 0 Å². The Labute approximate surface area is 86.3 Å². The van der Waals surface area contributed by atoms with Crippen molar-refractivity contribution in [2.24, 2.45) is 5.73 Å². The number of rotatable bonds is 5. The van der Waals surface area contributed by atoms with E-state index in [0.717, 1.165) is 25.9 Å². The average Bonchev–Trinajstić information content (AvgIpc) is 2.54. The van der Waals surface area contributed by atoms with Crippen LogP contribution in [-0.2, 0) is 12.0 Å². The van der Waals surface area contributed by atoms with Crippen LogP contribution in [0.4, 0.5) is 0 Å². The zero-order valence-electron chi connectivity index (χ0n) is 9.45. The molecule has 0 amide bonds. The molecule has 0 bridgehead atoms. The first kappa shape index (κ1) is 11.2. The fraction of sp³-hybridized carbons (Fsp3) is 0.727. The lowest BCUT2D eigenvalue weighted by Gasteiger charge is -2.21. The van der Waals surface area contributed by atoms with E-state index in [1.807, 2.05) is 10.9 Å². The molecule has 0 aliphatic carbocycles. The Morgan fingerprint density at radius 1 is 1.50 bits per heavy atom. The van der Waals surface area contributed by atoms with Crippen molar-refractivity contribution >= 4 is 0 Å². The van der Waals surface area contributed by atoms with Crippen molar-refractivity contribution in [3.63, 3.8) is 0 Å². The van der Waals surface area contributed by atoms with E-state index in [1.54, 1.807) is 0 Å². The van der Waals surface area contributed by atoms with Gasteiger partial charge in [-0.05, 0) is 30.4 Å². The summed E-state index contributed by atoms with van der Waals surface area (Å²) in [6.07, 6.45) is 6.23. The first-order chi connectivity index (χ1) is 6.60. The number of nitrogens with two attached hydrogens (primary N) is 1. The van der Waals surface area contributed by atoms with Gasteiger partial charge in [0.15, 0.2) is 0 Å². The summed E-state index contributed by atoms with van der Waals surface area (Å²) in [7, 11) is 0. The summed E-state index contributed by atoms with van der Waals surface area (Å²) in [6.45, 7) is 8.32. The Morgan fingerprint density at radius 2 is 2.21 bits per heavy atom. The van der Waals surface area contributed by atoms with Crippen LogP contribution in [0.15, 0.2) is 12.4 Å². The highest BCUT2D eigenvalue weighted by Gasteiger charge is 2.20. The van der Waals surface area contributed by atoms with Gasteiger partial charge in [-0.25, -0.2) is 0 Å². The lowest BCUT2D eigenvalue weighted by Crippen LogP contribution is -2.21. The fourth-order valence-corrected chi connectivity index (χ4v) is 1.57. The fourth-order valence-electron chi connectivity index (χ4n) is 1.57. The largest absolute Gasteiger partial charge is 0.330 e. The predicted octanol–water partition coefficient (Wildman–Crippen LogP) is 1.92. The molecule has 14 heavy (non-hydrogen) atoms. The summed E-state index contributed by atoms with van der Waals surface area (Å²) in [6, 6.07) is 0. The SMILES string of the molecule is CCCn1cc(C(C)(C)CCN)cn1. The van der Waals surface area contributed by atoms with E-state index in [4.69, 9.17) is 5.73 Å². The number of nitrogens with zero attached hydrogens (tertiary/aromatic N) is 2.